The van der Waals surface area contributed by atoms with Gasteiger partial charge < -0.3 is 14.7 Å². The number of aromatic nitrogens is 1. The maximum absolute atomic E-state index is 13.2. The molecule has 2 aliphatic carbocycles. The lowest BCUT2D eigenvalue weighted by Gasteiger charge is -2.40. The van der Waals surface area contributed by atoms with E-state index in [1.165, 1.54) is 35.9 Å². The van der Waals surface area contributed by atoms with Gasteiger partial charge in [0.2, 0.25) is 0 Å². The summed E-state index contributed by atoms with van der Waals surface area (Å²) < 4.78 is 6.71. The van der Waals surface area contributed by atoms with E-state index in [4.69, 9.17) is 9.84 Å². The second kappa shape index (κ2) is 11.2. The Morgan fingerprint density at radius 2 is 1.93 bits per heavy atom. The van der Waals surface area contributed by atoms with Gasteiger partial charge in [-0.05, 0) is 44.9 Å². The lowest BCUT2D eigenvalue weighted by molar-refractivity contribution is -0.133. The number of carboxylic acids is 1. The molecule has 2 amide bonds. The van der Waals surface area contributed by atoms with Gasteiger partial charge in [-0.1, -0.05) is 31.1 Å². The van der Waals surface area contributed by atoms with Crippen LogP contribution in [0.3, 0.4) is 0 Å². The second-order valence-corrected chi connectivity index (χ2v) is 10.1. The molecule has 0 atom stereocenters. The number of rotatable bonds is 9. The number of carbonyl (C=O) groups excluding carboxylic acids is 1. The highest BCUT2D eigenvalue weighted by molar-refractivity contribution is 8.01. The number of urea groups is 1. The van der Waals surface area contributed by atoms with Crippen molar-refractivity contribution in [2.75, 3.05) is 17.7 Å². The number of aliphatic carboxylic acids is 1. The van der Waals surface area contributed by atoms with E-state index in [1.807, 2.05) is 0 Å². The molecule has 3 rings (SSSR count). The van der Waals surface area contributed by atoms with Crippen molar-refractivity contribution in [2.24, 2.45) is 0 Å². The summed E-state index contributed by atoms with van der Waals surface area (Å²) in [5.74, 6) is -0.868. The van der Waals surface area contributed by atoms with Crippen molar-refractivity contribution in [2.45, 2.75) is 87.1 Å². The number of nitrogens with zero attached hydrogens (tertiary/aromatic N) is 2. The van der Waals surface area contributed by atoms with Gasteiger partial charge in [0.15, 0.2) is 5.13 Å². The molecule has 0 spiro atoms. The van der Waals surface area contributed by atoms with Crippen molar-refractivity contribution in [3.63, 3.8) is 0 Å². The van der Waals surface area contributed by atoms with Gasteiger partial charge in [0.1, 0.15) is 0 Å². The van der Waals surface area contributed by atoms with Gasteiger partial charge in [0.25, 0.3) is 0 Å². The zero-order valence-electron chi connectivity index (χ0n) is 17.0. The molecule has 9 heteroatoms. The Hall–Kier alpha value is -1.32. The van der Waals surface area contributed by atoms with E-state index in [2.05, 4.69) is 22.1 Å². The Morgan fingerprint density at radius 1 is 1.24 bits per heavy atom. The second-order valence-electron chi connectivity index (χ2n) is 7.74. The molecule has 0 unspecified atom stereocenters. The fourth-order valence-electron chi connectivity index (χ4n) is 4.26. The van der Waals surface area contributed by atoms with Gasteiger partial charge >= 0.3 is 12.0 Å². The van der Waals surface area contributed by atoms with Crippen molar-refractivity contribution < 1.29 is 19.4 Å². The Balaban J connectivity index is 1.60. The maximum Gasteiger partial charge on any atom is 0.324 e. The van der Waals surface area contributed by atoms with E-state index in [9.17, 15) is 9.59 Å². The number of ether oxygens (including phenoxy) is 1. The number of hydrogen-bond acceptors (Lipinski definition) is 6. The van der Waals surface area contributed by atoms with Crippen LogP contribution < -0.4 is 5.32 Å². The number of amides is 2. The van der Waals surface area contributed by atoms with Gasteiger partial charge in [-0.3, -0.25) is 10.1 Å². The normalized spacial score (nSPS) is 22.5. The Labute approximate surface area is 180 Å². The minimum absolute atomic E-state index is 0.00682. The van der Waals surface area contributed by atoms with Gasteiger partial charge in [0, 0.05) is 18.7 Å². The summed E-state index contributed by atoms with van der Waals surface area (Å²) in [6, 6.07) is 0.480. The predicted octanol–water partition coefficient (Wildman–Crippen LogP) is 4.83. The number of carboxylic acid groups (broad SMARTS) is 1. The van der Waals surface area contributed by atoms with E-state index in [0.717, 1.165) is 55.8 Å². The molecule has 1 heterocycles. The summed E-state index contributed by atoms with van der Waals surface area (Å²) in [4.78, 5) is 30.2. The quantitative estimate of drug-likeness (QED) is 0.533. The fraction of sp³-hybridized carbons (Fsp3) is 0.750. The zero-order chi connectivity index (χ0) is 20.6. The summed E-state index contributed by atoms with van der Waals surface area (Å²) in [6.45, 7) is 2.94. The molecular formula is C20H31N3O4S2. The van der Waals surface area contributed by atoms with Crippen molar-refractivity contribution in [3.8, 4) is 0 Å². The third-order valence-corrected chi connectivity index (χ3v) is 7.68. The minimum Gasteiger partial charge on any atom is -0.481 e. The van der Waals surface area contributed by atoms with E-state index >= 15 is 0 Å². The van der Waals surface area contributed by atoms with Crippen LogP contribution in [0.4, 0.5) is 9.93 Å². The largest absolute Gasteiger partial charge is 0.481 e. The number of hydrogen-bond donors (Lipinski definition) is 2. The summed E-state index contributed by atoms with van der Waals surface area (Å²) >= 11 is 2.55. The van der Waals surface area contributed by atoms with Crippen LogP contribution in [0.15, 0.2) is 10.4 Å². The summed E-state index contributed by atoms with van der Waals surface area (Å²) in [5, 5.41) is 12.3. The predicted molar refractivity (Wildman–Crippen MR) is 116 cm³/mol. The number of anilines is 1. The molecule has 162 valence electrons. The third-order valence-electron chi connectivity index (χ3n) is 5.58. The lowest BCUT2D eigenvalue weighted by Crippen LogP contribution is -2.50. The number of thioether (sulfide) groups is 1. The minimum atomic E-state index is -0.861. The molecule has 0 radical (unpaired) electrons. The van der Waals surface area contributed by atoms with Crippen molar-refractivity contribution in [3.05, 3.63) is 6.20 Å². The SMILES string of the molecule is CCCO[C@H]1CC[C@H](N(C(=O)Nc2ncc(SCC(=O)O)s2)C2CCCC2)CC1. The third kappa shape index (κ3) is 6.58. The summed E-state index contributed by atoms with van der Waals surface area (Å²) in [6.07, 6.45) is 11.5. The Morgan fingerprint density at radius 3 is 2.59 bits per heavy atom. The average Bonchev–Trinajstić information content (AvgIpc) is 3.38. The van der Waals surface area contributed by atoms with Crippen molar-refractivity contribution in [1.29, 1.82) is 0 Å². The fourth-order valence-corrected chi connectivity index (χ4v) is 5.84. The van der Waals surface area contributed by atoms with Crippen LogP contribution in [0.2, 0.25) is 0 Å². The first-order valence-corrected chi connectivity index (χ1v) is 12.4. The van der Waals surface area contributed by atoms with Crippen LogP contribution in [-0.2, 0) is 9.53 Å². The molecule has 0 aliphatic heterocycles. The molecule has 2 saturated carbocycles. The van der Waals surface area contributed by atoms with E-state index < -0.39 is 5.97 Å². The molecule has 1 aromatic rings. The van der Waals surface area contributed by atoms with Gasteiger partial charge in [-0.25, -0.2) is 9.78 Å². The lowest BCUT2D eigenvalue weighted by atomic mass is 9.91. The highest BCUT2D eigenvalue weighted by Crippen LogP contribution is 2.33. The highest BCUT2D eigenvalue weighted by atomic mass is 32.2. The molecule has 2 fully saturated rings. The van der Waals surface area contributed by atoms with Crippen LogP contribution in [0, 0.1) is 0 Å². The first-order chi connectivity index (χ1) is 14.1. The van der Waals surface area contributed by atoms with Gasteiger partial charge in [-0.15, -0.1) is 11.8 Å². The molecule has 1 aromatic heterocycles. The summed E-state index contributed by atoms with van der Waals surface area (Å²) in [7, 11) is 0. The molecule has 29 heavy (non-hydrogen) atoms. The molecule has 7 nitrogen and oxygen atoms in total. The topological polar surface area (TPSA) is 91.8 Å². The molecule has 0 bridgehead atoms. The zero-order valence-corrected chi connectivity index (χ0v) is 18.6. The van der Waals surface area contributed by atoms with E-state index in [0.29, 0.717) is 17.3 Å². The maximum atomic E-state index is 13.2. The molecule has 2 N–H and O–H groups in total. The molecule has 2 aliphatic rings. The monoisotopic (exact) mass is 441 g/mol. The van der Waals surface area contributed by atoms with Crippen molar-refractivity contribution >= 4 is 40.2 Å². The van der Waals surface area contributed by atoms with Crippen LogP contribution in [0.25, 0.3) is 0 Å². The van der Waals surface area contributed by atoms with Crippen molar-refractivity contribution in [1.82, 2.24) is 9.88 Å². The number of nitrogens with one attached hydrogen (secondary N) is 1. The van der Waals surface area contributed by atoms with Crippen LogP contribution in [-0.4, -0.2) is 57.5 Å². The van der Waals surface area contributed by atoms with Crippen LogP contribution >= 0.6 is 23.1 Å². The Bertz CT molecular complexity index is 670. The van der Waals surface area contributed by atoms with Gasteiger partial charge in [0.05, 0.1) is 22.3 Å². The smallest absolute Gasteiger partial charge is 0.324 e. The molecule has 0 saturated heterocycles. The highest BCUT2D eigenvalue weighted by Gasteiger charge is 2.35. The Kier molecular flexibility index (Phi) is 8.62. The van der Waals surface area contributed by atoms with Crippen LogP contribution in [0.1, 0.15) is 64.7 Å². The molecule has 0 aromatic carbocycles. The number of carbonyl (C=O) groups is 2. The van der Waals surface area contributed by atoms with E-state index in [-0.39, 0.29) is 17.8 Å². The van der Waals surface area contributed by atoms with Gasteiger partial charge in [-0.2, -0.15) is 0 Å². The standard InChI is InChI=1S/C20H31N3O4S2/c1-2-11-27-16-9-7-15(8-10-16)23(14-5-3-4-6-14)20(26)22-19-21-12-18(29-19)28-13-17(24)25/h12,14-16H,2-11,13H2,1H3,(H,24,25)(H,21,22,26)/t15-,16-. The van der Waals surface area contributed by atoms with Crippen LogP contribution in [0.5, 0.6) is 0 Å². The molecular weight excluding hydrogens is 410 g/mol. The first-order valence-electron chi connectivity index (χ1n) is 10.6. The average molecular weight is 442 g/mol. The van der Waals surface area contributed by atoms with E-state index in [1.54, 1.807) is 6.20 Å². The number of thiazole rings is 1. The first kappa shape index (κ1) is 22.4. The summed E-state index contributed by atoms with van der Waals surface area (Å²) in [5.41, 5.74) is 0.